The van der Waals surface area contributed by atoms with Gasteiger partial charge in [-0.2, -0.15) is 10.5 Å². The van der Waals surface area contributed by atoms with Crippen molar-refractivity contribution in [1.29, 1.82) is 10.5 Å². The van der Waals surface area contributed by atoms with E-state index in [4.69, 9.17) is 14.9 Å². The van der Waals surface area contributed by atoms with E-state index >= 15 is 0 Å². The summed E-state index contributed by atoms with van der Waals surface area (Å²) in [6.07, 6.45) is 2.61. The van der Waals surface area contributed by atoms with E-state index in [9.17, 15) is 0 Å². The molecule has 1 aliphatic rings. The van der Waals surface area contributed by atoms with Crippen molar-refractivity contribution in [2.24, 2.45) is 5.92 Å². The number of hydrogen-bond donors (Lipinski definition) is 1. The van der Waals surface area contributed by atoms with Gasteiger partial charge in [-0.25, -0.2) is 0 Å². The largest absolute Gasteiger partial charge is 0.464 e. The Balaban J connectivity index is 1.88. The normalized spacial score (nSPS) is 21.1. The standard InChI is InChI=1S/C13H13N3O/c1-9-4-12(9)13-3-2-11(17-13)8-16-7-10(5-14)6-15/h2-3,7,9,12,16H,4,8H2,1H3/t9-,12-/m1/s1. The molecule has 0 spiro atoms. The highest BCUT2D eigenvalue weighted by molar-refractivity contribution is 5.34. The maximum Gasteiger partial charge on any atom is 0.145 e. The highest BCUT2D eigenvalue weighted by atomic mass is 16.3. The summed E-state index contributed by atoms with van der Waals surface area (Å²) in [5, 5.41) is 20.0. The maximum atomic E-state index is 8.53. The second kappa shape index (κ2) is 4.76. The van der Waals surface area contributed by atoms with Crippen molar-refractivity contribution < 1.29 is 4.42 Å². The molecule has 1 aromatic heterocycles. The van der Waals surface area contributed by atoms with Crippen molar-refractivity contribution in [3.8, 4) is 12.1 Å². The Labute approximate surface area is 100 Å². The fourth-order valence-corrected chi connectivity index (χ4v) is 1.75. The molecule has 2 atom stereocenters. The van der Waals surface area contributed by atoms with Gasteiger partial charge in [-0.05, 0) is 24.5 Å². The van der Waals surface area contributed by atoms with Gasteiger partial charge in [0, 0.05) is 12.1 Å². The summed E-state index contributed by atoms with van der Waals surface area (Å²) in [6.45, 7) is 2.70. The van der Waals surface area contributed by atoms with Gasteiger partial charge in [0.05, 0.1) is 6.54 Å². The zero-order valence-electron chi connectivity index (χ0n) is 9.60. The van der Waals surface area contributed by atoms with Crippen LogP contribution in [0, 0.1) is 28.6 Å². The van der Waals surface area contributed by atoms with Gasteiger partial charge in [0.15, 0.2) is 0 Å². The number of nitriles is 2. The summed E-state index contributed by atoms with van der Waals surface area (Å²) in [7, 11) is 0. The van der Waals surface area contributed by atoms with Crippen LogP contribution in [0.2, 0.25) is 0 Å². The Hall–Kier alpha value is -2.20. The van der Waals surface area contributed by atoms with Gasteiger partial charge in [-0.1, -0.05) is 6.92 Å². The molecule has 0 radical (unpaired) electrons. The van der Waals surface area contributed by atoms with Crippen molar-refractivity contribution in [2.45, 2.75) is 25.8 Å². The summed E-state index contributed by atoms with van der Waals surface area (Å²) in [6, 6.07) is 7.50. The highest BCUT2D eigenvalue weighted by Gasteiger charge is 2.36. The SMILES string of the molecule is C[C@@H]1C[C@H]1c1ccc(CNC=C(C#N)C#N)o1. The number of nitrogens with zero attached hydrogens (tertiary/aromatic N) is 2. The van der Waals surface area contributed by atoms with Gasteiger partial charge in [-0.3, -0.25) is 0 Å². The second-order valence-electron chi connectivity index (χ2n) is 4.29. The van der Waals surface area contributed by atoms with Crippen molar-refractivity contribution >= 4 is 0 Å². The summed E-state index contributed by atoms with van der Waals surface area (Å²) in [5.74, 6) is 3.17. The molecule has 0 saturated heterocycles. The molecule has 0 aliphatic heterocycles. The first-order valence-corrected chi connectivity index (χ1v) is 5.57. The van der Waals surface area contributed by atoms with Crippen LogP contribution in [0.3, 0.4) is 0 Å². The topological polar surface area (TPSA) is 72.8 Å². The summed E-state index contributed by atoms with van der Waals surface area (Å²) in [5.41, 5.74) is 0.0626. The number of nitrogens with one attached hydrogen (secondary N) is 1. The van der Waals surface area contributed by atoms with E-state index in [-0.39, 0.29) is 5.57 Å². The maximum absolute atomic E-state index is 8.53. The average Bonchev–Trinajstić information content (AvgIpc) is 2.89. The van der Waals surface area contributed by atoms with E-state index < -0.39 is 0 Å². The monoisotopic (exact) mass is 227 g/mol. The molecule has 0 amide bonds. The fourth-order valence-electron chi connectivity index (χ4n) is 1.75. The first-order chi connectivity index (χ1) is 8.24. The van der Waals surface area contributed by atoms with Gasteiger partial charge in [0.25, 0.3) is 0 Å². The molecule has 1 saturated carbocycles. The Kier molecular flexibility index (Phi) is 3.16. The van der Waals surface area contributed by atoms with Crippen LogP contribution in [0.25, 0.3) is 0 Å². The van der Waals surface area contributed by atoms with E-state index in [1.807, 2.05) is 12.1 Å². The molecule has 4 heteroatoms. The predicted molar refractivity (Wildman–Crippen MR) is 61.4 cm³/mol. The Morgan fingerprint density at radius 1 is 1.53 bits per heavy atom. The average molecular weight is 227 g/mol. The van der Waals surface area contributed by atoms with Crippen LogP contribution in [0.1, 0.15) is 30.8 Å². The predicted octanol–water partition coefficient (Wildman–Crippen LogP) is 2.42. The van der Waals surface area contributed by atoms with E-state index in [1.165, 1.54) is 12.6 Å². The molecule has 1 N–H and O–H groups in total. The first kappa shape index (κ1) is 11.3. The third-order valence-electron chi connectivity index (χ3n) is 2.92. The molecular weight excluding hydrogens is 214 g/mol. The molecule has 4 nitrogen and oxygen atoms in total. The zero-order chi connectivity index (χ0) is 12.3. The van der Waals surface area contributed by atoms with Crippen molar-refractivity contribution in [3.63, 3.8) is 0 Å². The Morgan fingerprint density at radius 3 is 2.82 bits per heavy atom. The van der Waals surface area contributed by atoms with Crippen molar-refractivity contribution in [2.75, 3.05) is 0 Å². The lowest BCUT2D eigenvalue weighted by molar-refractivity contribution is 0.455. The minimum atomic E-state index is 0.0626. The molecule has 1 heterocycles. The summed E-state index contributed by atoms with van der Waals surface area (Å²) < 4.78 is 5.67. The summed E-state index contributed by atoms with van der Waals surface area (Å²) >= 11 is 0. The van der Waals surface area contributed by atoms with E-state index in [0.717, 1.165) is 17.4 Å². The minimum Gasteiger partial charge on any atom is -0.464 e. The summed E-state index contributed by atoms with van der Waals surface area (Å²) in [4.78, 5) is 0. The minimum absolute atomic E-state index is 0.0626. The van der Waals surface area contributed by atoms with Gasteiger partial charge in [0.1, 0.15) is 29.2 Å². The number of furan rings is 1. The van der Waals surface area contributed by atoms with Crippen molar-refractivity contribution in [1.82, 2.24) is 5.32 Å². The van der Waals surface area contributed by atoms with Crippen LogP contribution in [0.4, 0.5) is 0 Å². The highest BCUT2D eigenvalue weighted by Crippen LogP contribution is 2.47. The number of rotatable bonds is 4. The Morgan fingerprint density at radius 2 is 2.24 bits per heavy atom. The van der Waals surface area contributed by atoms with Crippen LogP contribution in [0.5, 0.6) is 0 Å². The lowest BCUT2D eigenvalue weighted by Gasteiger charge is -1.97. The second-order valence-corrected chi connectivity index (χ2v) is 4.29. The van der Waals surface area contributed by atoms with E-state index in [2.05, 4.69) is 12.2 Å². The van der Waals surface area contributed by atoms with Crippen LogP contribution in [-0.2, 0) is 6.54 Å². The van der Waals surface area contributed by atoms with Crippen molar-refractivity contribution in [3.05, 3.63) is 35.4 Å². The molecule has 1 aliphatic carbocycles. The van der Waals surface area contributed by atoms with Gasteiger partial charge < -0.3 is 9.73 Å². The van der Waals surface area contributed by atoms with Gasteiger partial charge in [0.2, 0.25) is 0 Å². The fraction of sp³-hybridized carbons (Fsp3) is 0.385. The zero-order valence-corrected chi connectivity index (χ0v) is 9.60. The molecule has 1 fully saturated rings. The van der Waals surface area contributed by atoms with Crippen LogP contribution < -0.4 is 5.32 Å². The smallest absolute Gasteiger partial charge is 0.145 e. The van der Waals surface area contributed by atoms with E-state index in [0.29, 0.717) is 12.5 Å². The molecule has 17 heavy (non-hydrogen) atoms. The molecule has 0 unspecified atom stereocenters. The Bertz CT molecular complexity index is 500. The number of hydrogen-bond acceptors (Lipinski definition) is 4. The third-order valence-corrected chi connectivity index (χ3v) is 2.92. The van der Waals surface area contributed by atoms with Crippen LogP contribution in [0.15, 0.2) is 28.3 Å². The molecular formula is C13H13N3O. The first-order valence-electron chi connectivity index (χ1n) is 5.57. The van der Waals surface area contributed by atoms with Crippen LogP contribution >= 0.6 is 0 Å². The van der Waals surface area contributed by atoms with E-state index in [1.54, 1.807) is 12.1 Å². The van der Waals surface area contributed by atoms with Gasteiger partial charge in [-0.15, -0.1) is 0 Å². The van der Waals surface area contributed by atoms with Gasteiger partial charge >= 0.3 is 0 Å². The van der Waals surface area contributed by atoms with Crippen LogP contribution in [-0.4, -0.2) is 0 Å². The molecule has 0 bridgehead atoms. The molecule has 2 rings (SSSR count). The lowest BCUT2D eigenvalue weighted by Crippen LogP contribution is -2.04. The number of allylic oxidation sites excluding steroid dienone is 1. The molecule has 1 aromatic rings. The third kappa shape index (κ3) is 2.68. The lowest BCUT2D eigenvalue weighted by atomic mass is 10.3. The quantitative estimate of drug-likeness (QED) is 0.802. The molecule has 86 valence electrons. The molecule has 0 aromatic carbocycles.